The Kier molecular flexibility index (Phi) is 4.41. The zero-order valence-electron chi connectivity index (χ0n) is 10.0. The first-order chi connectivity index (χ1) is 8.76. The number of thiazole rings is 1. The number of ether oxygens (including phenoxy) is 1. The normalized spacial score (nSPS) is 14.4. The molecule has 96 valence electrons. The van der Waals surface area contributed by atoms with Crippen LogP contribution in [0.4, 0.5) is 4.39 Å². The molecule has 2 atom stereocenters. The van der Waals surface area contributed by atoms with Crippen LogP contribution in [0.1, 0.15) is 11.7 Å². The summed E-state index contributed by atoms with van der Waals surface area (Å²) in [7, 11) is 1.54. The Balaban J connectivity index is 2.21. The molecule has 0 fully saturated rings. The summed E-state index contributed by atoms with van der Waals surface area (Å²) in [4.78, 5) is 5.14. The second-order valence-corrected chi connectivity index (χ2v) is 4.85. The van der Waals surface area contributed by atoms with Crippen LogP contribution in [0.25, 0.3) is 10.4 Å². The van der Waals surface area contributed by atoms with Gasteiger partial charge in [0.15, 0.2) is 0 Å². The van der Waals surface area contributed by atoms with Crippen molar-refractivity contribution >= 4 is 11.3 Å². The third-order valence-electron chi connectivity index (χ3n) is 2.78. The van der Waals surface area contributed by atoms with Crippen LogP contribution in [0.15, 0.2) is 36.0 Å². The summed E-state index contributed by atoms with van der Waals surface area (Å²) in [6.07, 6.45) is 1.41. The van der Waals surface area contributed by atoms with Gasteiger partial charge in [0, 0.05) is 13.3 Å². The van der Waals surface area contributed by atoms with Crippen molar-refractivity contribution in [3.05, 3.63) is 41.5 Å². The van der Waals surface area contributed by atoms with Gasteiger partial charge in [-0.05, 0) is 11.1 Å². The molecule has 1 heterocycles. The predicted molar refractivity (Wildman–Crippen MR) is 71.3 cm³/mol. The average Bonchev–Trinajstić information content (AvgIpc) is 2.94. The van der Waals surface area contributed by atoms with E-state index in [1.165, 1.54) is 7.11 Å². The van der Waals surface area contributed by atoms with E-state index < -0.39 is 18.8 Å². The van der Waals surface area contributed by atoms with E-state index in [0.29, 0.717) is 0 Å². The molecule has 0 radical (unpaired) electrons. The molecule has 2 N–H and O–H groups in total. The highest BCUT2D eigenvalue weighted by Crippen LogP contribution is 2.26. The Labute approximate surface area is 109 Å². The Bertz CT molecular complexity index is 472. The third-order valence-corrected chi connectivity index (χ3v) is 3.60. The fraction of sp³-hybridized carbons (Fsp3) is 0.308. The van der Waals surface area contributed by atoms with E-state index in [4.69, 9.17) is 10.5 Å². The van der Waals surface area contributed by atoms with Crippen LogP contribution in [0.5, 0.6) is 0 Å². The molecule has 0 bridgehead atoms. The van der Waals surface area contributed by atoms with Crippen LogP contribution in [0.2, 0.25) is 0 Å². The quantitative estimate of drug-likeness (QED) is 0.905. The van der Waals surface area contributed by atoms with Gasteiger partial charge in [0.1, 0.15) is 6.67 Å². The number of nitrogens with zero attached hydrogens (tertiary/aromatic N) is 1. The van der Waals surface area contributed by atoms with E-state index in [9.17, 15) is 4.39 Å². The smallest absolute Gasteiger partial charge is 0.107 e. The summed E-state index contributed by atoms with van der Waals surface area (Å²) >= 11 is 1.58. The average molecular weight is 266 g/mol. The summed E-state index contributed by atoms with van der Waals surface area (Å²) in [5.41, 5.74) is 9.45. The molecule has 18 heavy (non-hydrogen) atoms. The Morgan fingerprint density at radius 2 is 2.11 bits per heavy atom. The minimum atomic E-state index is -0.635. The van der Waals surface area contributed by atoms with Crippen molar-refractivity contribution in [2.24, 2.45) is 5.73 Å². The molecule has 0 amide bonds. The summed E-state index contributed by atoms with van der Waals surface area (Å²) in [6.45, 7) is -0.602. The van der Waals surface area contributed by atoms with Crippen LogP contribution < -0.4 is 5.73 Å². The Morgan fingerprint density at radius 1 is 1.39 bits per heavy atom. The molecule has 1 aromatic heterocycles. The summed E-state index contributed by atoms with van der Waals surface area (Å²) in [6, 6.07) is 7.14. The molecular formula is C13H15FN2OS. The zero-order valence-corrected chi connectivity index (χ0v) is 10.9. The van der Waals surface area contributed by atoms with E-state index >= 15 is 0 Å². The Morgan fingerprint density at radius 3 is 2.61 bits per heavy atom. The number of methoxy groups -OCH3 is 1. The highest BCUT2D eigenvalue weighted by Gasteiger charge is 2.19. The van der Waals surface area contributed by atoms with E-state index in [0.717, 1.165) is 16.0 Å². The highest BCUT2D eigenvalue weighted by atomic mass is 32.1. The van der Waals surface area contributed by atoms with E-state index in [1.807, 2.05) is 30.5 Å². The number of hydrogen-bond acceptors (Lipinski definition) is 4. The minimum Gasteiger partial charge on any atom is -0.375 e. The van der Waals surface area contributed by atoms with E-state index in [2.05, 4.69) is 4.98 Å². The molecule has 1 aromatic carbocycles. The molecule has 0 aliphatic heterocycles. The second kappa shape index (κ2) is 6.04. The van der Waals surface area contributed by atoms with Gasteiger partial charge in [-0.3, -0.25) is 4.98 Å². The predicted octanol–water partition coefficient (Wildman–Crippen LogP) is 2.79. The van der Waals surface area contributed by atoms with E-state index in [-0.39, 0.29) is 0 Å². The largest absolute Gasteiger partial charge is 0.375 e. The molecule has 0 aliphatic carbocycles. The first kappa shape index (κ1) is 13.1. The number of hydrogen-bond donors (Lipinski definition) is 1. The summed E-state index contributed by atoms with van der Waals surface area (Å²) in [5, 5.41) is 0. The molecule has 3 nitrogen and oxygen atoms in total. The van der Waals surface area contributed by atoms with Gasteiger partial charge in [0.2, 0.25) is 0 Å². The summed E-state index contributed by atoms with van der Waals surface area (Å²) < 4.78 is 17.8. The lowest BCUT2D eigenvalue weighted by Crippen LogP contribution is -2.31. The standard InChI is InChI=1S/C13H15FN2OS/c1-17-13(11(15)6-14)10-4-2-9(3-5-10)12-7-16-8-18-12/h2-5,7-8,11,13H,6,15H2,1H3/t11-,13-/m1/s1. The van der Waals surface area contributed by atoms with Crippen LogP contribution >= 0.6 is 11.3 Å². The first-order valence-electron chi connectivity index (χ1n) is 5.59. The minimum absolute atomic E-state index is 0.412. The monoisotopic (exact) mass is 266 g/mol. The second-order valence-electron chi connectivity index (χ2n) is 3.96. The number of benzene rings is 1. The van der Waals surface area contributed by atoms with Crippen molar-refractivity contribution in [1.82, 2.24) is 4.98 Å². The zero-order chi connectivity index (χ0) is 13.0. The molecule has 2 aromatic rings. The van der Waals surface area contributed by atoms with Crippen molar-refractivity contribution in [3.63, 3.8) is 0 Å². The van der Waals surface area contributed by atoms with Gasteiger partial charge in [0.05, 0.1) is 22.5 Å². The van der Waals surface area contributed by atoms with Crippen molar-refractivity contribution < 1.29 is 9.13 Å². The van der Waals surface area contributed by atoms with Crippen molar-refractivity contribution in [3.8, 4) is 10.4 Å². The lowest BCUT2D eigenvalue weighted by atomic mass is 10.0. The van der Waals surface area contributed by atoms with Gasteiger partial charge >= 0.3 is 0 Å². The fourth-order valence-electron chi connectivity index (χ4n) is 1.83. The van der Waals surface area contributed by atoms with Gasteiger partial charge in [-0.1, -0.05) is 24.3 Å². The molecule has 5 heteroatoms. The maximum atomic E-state index is 12.6. The molecule has 0 saturated carbocycles. The topological polar surface area (TPSA) is 48.1 Å². The van der Waals surface area contributed by atoms with Crippen LogP contribution in [-0.2, 0) is 4.74 Å². The van der Waals surface area contributed by atoms with Gasteiger partial charge in [-0.15, -0.1) is 11.3 Å². The molecular weight excluding hydrogens is 251 g/mol. The summed E-state index contributed by atoms with van der Waals surface area (Å²) in [5.74, 6) is 0. The number of nitrogens with two attached hydrogens (primary N) is 1. The van der Waals surface area contributed by atoms with Gasteiger partial charge in [0.25, 0.3) is 0 Å². The lowest BCUT2D eigenvalue weighted by Gasteiger charge is -2.20. The van der Waals surface area contributed by atoms with Crippen molar-refractivity contribution in [1.29, 1.82) is 0 Å². The molecule has 0 unspecified atom stereocenters. The molecule has 0 saturated heterocycles. The Hall–Kier alpha value is -1.30. The van der Waals surface area contributed by atoms with Crippen molar-refractivity contribution in [2.45, 2.75) is 12.1 Å². The number of halogens is 1. The van der Waals surface area contributed by atoms with Gasteiger partial charge in [-0.2, -0.15) is 0 Å². The lowest BCUT2D eigenvalue weighted by molar-refractivity contribution is 0.0721. The molecule has 0 spiro atoms. The first-order valence-corrected chi connectivity index (χ1v) is 6.47. The maximum Gasteiger partial charge on any atom is 0.107 e. The number of rotatable bonds is 5. The number of alkyl halides is 1. The molecule has 0 aliphatic rings. The highest BCUT2D eigenvalue weighted by molar-refractivity contribution is 7.13. The fourth-order valence-corrected chi connectivity index (χ4v) is 2.46. The van der Waals surface area contributed by atoms with Gasteiger partial charge < -0.3 is 10.5 Å². The van der Waals surface area contributed by atoms with Crippen LogP contribution in [-0.4, -0.2) is 24.8 Å². The number of aromatic nitrogens is 1. The van der Waals surface area contributed by atoms with Crippen LogP contribution in [0, 0.1) is 0 Å². The van der Waals surface area contributed by atoms with Crippen LogP contribution in [0.3, 0.4) is 0 Å². The maximum absolute atomic E-state index is 12.6. The van der Waals surface area contributed by atoms with E-state index in [1.54, 1.807) is 16.8 Å². The van der Waals surface area contributed by atoms with Crippen molar-refractivity contribution in [2.75, 3.05) is 13.8 Å². The molecule has 2 rings (SSSR count). The van der Waals surface area contributed by atoms with Gasteiger partial charge in [-0.25, -0.2) is 4.39 Å². The third kappa shape index (κ3) is 2.75. The SMILES string of the molecule is CO[C@H](c1ccc(-c2cncs2)cc1)[C@H](N)CF.